The number of hydrogen-bond acceptors (Lipinski definition) is 5. The Labute approximate surface area is 156 Å². The fourth-order valence-electron chi connectivity index (χ4n) is 4.81. The first-order valence-corrected chi connectivity index (χ1v) is 9.81. The van der Waals surface area contributed by atoms with Crippen LogP contribution in [0.1, 0.15) is 59.3 Å². The Morgan fingerprint density at radius 2 is 2.00 bits per heavy atom. The van der Waals surface area contributed by atoms with Crippen molar-refractivity contribution in [2.75, 3.05) is 11.9 Å². The Morgan fingerprint density at radius 3 is 2.58 bits per heavy atom. The molecule has 0 spiro atoms. The number of aromatic nitrogens is 1. The number of Topliss-reactive ketones (excluding diaryl/α,β-unsaturated/α-hetero) is 1. The lowest BCUT2D eigenvalue weighted by molar-refractivity contribution is -0.133. The van der Waals surface area contributed by atoms with Gasteiger partial charge in [-0.05, 0) is 58.1 Å². The van der Waals surface area contributed by atoms with E-state index in [-0.39, 0.29) is 22.9 Å². The molecule has 3 rings (SSSR count). The van der Waals surface area contributed by atoms with Crippen LogP contribution < -0.4 is 5.32 Å². The Balaban J connectivity index is 1.97. The monoisotopic (exact) mass is 357 g/mol. The molecule has 0 radical (unpaired) electrons. The van der Waals surface area contributed by atoms with Crippen LogP contribution in [0.2, 0.25) is 0 Å². The number of anilines is 1. The molecule has 2 heterocycles. The number of carbonyl (C=O) groups is 2. The van der Waals surface area contributed by atoms with Crippen LogP contribution in [0.25, 0.3) is 0 Å². The normalized spacial score (nSPS) is 28.0. The summed E-state index contributed by atoms with van der Waals surface area (Å²) in [6.45, 7) is 7.13. The molecule has 142 valence electrons. The molecule has 0 amide bonds. The van der Waals surface area contributed by atoms with E-state index in [0.717, 1.165) is 12.4 Å². The summed E-state index contributed by atoms with van der Waals surface area (Å²) in [6, 6.07) is 5.52. The minimum Gasteiger partial charge on any atom is -0.363 e. The zero-order chi connectivity index (χ0) is 18.8. The summed E-state index contributed by atoms with van der Waals surface area (Å²) in [5.41, 5.74) is -0.392. The molecule has 5 nitrogen and oxygen atoms in total. The first kappa shape index (κ1) is 19.0. The Bertz CT molecular complexity index is 634. The van der Waals surface area contributed by atoms with Crippen LogP contribution in [-0.2, 0) is 9.59 Å². The van der Waals surface area contributed by atoms with E-state index in [0.29, 0.717) is 18.6 Å². The lowest BCUT2D eigenvalue weighted by atomic mass is 9.73. The smallest absolute Gasteiger partial charge is 0.212 e. The SMILES string of the molecule is CC(C)(C)N1CC(Nc2ccccn2)(C2CCCCC2)CC1C(=O)C=O. The number of likely N-dealkylation sites (tertiary alicyclic amines) is 1. The molecule has 1 aliphatic heterocycles. The average Bonchev–Trinajstić information content (AvgIpc) is 3.04. The van der Waals surface area contributed by atoms with Gasteiger partial charge >= 0.3 is 0 Å². The minimum atomic E-state index is -0.356. The molecular weight excluding hydrogens is 326 g/mol. The van der Waals surface area contributed by atoms with Crippen molar-refractivity contribution in [3.63, 3.8) is 0 Å². The van der Waals surface area contributed by atoms with E-state index >= 15 is 0 Å². The zero-order valence-corrected chi connectivity index (χ0v) is 16.2. The van der Waals surface area contributed by atoms with Crippen molar-refractivity contribution >= 4 is 17.9 Å². The van der Waals surface area contributed by atoms with Crippen molar-refractivity contribution in [3.05, 3.63) is 24.4 Å². The molecule has 1 saturated heterocycles. The van der Waals surface area contributed by atoms with E-state index in [2.05, 4.69) is 36.0 Å². The number of carbonyl (C=O) groups excluding carboxylic acids is 2. The molecule has 2 fully saturated rings. The Kier molecular flexibility index (Phi) is 5.47. The highest BCUT2D eigenvalue weighted by molar-refractivity contribution is 6.27. The number of nitrogens with one attached hydrogen (secondary N) is 1. The molecule has 2 aliphatic rings. The fourth-order valence-corrected chi connectivity index (χ4v) is 4.81. The first-order chi connectivity index (χ1) is 12.4. The summed E-state index contributed by atoms with van der Waals surface area (Å²) in [4.78, 5) is 30.4. The van der Waals surface area contributed by atoms with Gasteiger partial charge in [0.25, 0.3) is 0 Å². The fraction of sp³-hybridized carbons (Fsp3) is 0.667. The van der Waals surface area contributed by atoms with Gasteiger partial charge < -0.3 is 5.32 Å². The lowest BCUT2D eigenvalue weighted by Crippen LogP contribution is -2.52. The minimum absolute atomic E-state index is 0.175. The quantitative estimate of drug-likeness (QED) is 0.646. The standard InChI is InChI=1S/C21H31N3O2/c1-20(2,3)24-15-21(13-17(24)18(26)14-25,16-9-5-4-6-10-16)23-19-11-7-8-12-22-19/h7-8,11-12,14,16-17H,4-6,9-10,13,15H2,1-3H3,(H,22,23). The molecule has 1 N–H and O–H groups in total. The van der Waals surface area contributed by atoms with E-state index in [1.54, 1.807) is 6.20 Å². The topological polar surface area (TPSA) is 62.3 Å². The second kappa shape index (κ2) is 7.47. The van der Waals surface area contributed by atoms with E-state index in [9.17, 15) is 9.59 Å². The predicted octanol–water partition coefficient (Wildman–Crippen LogP) is 3.45. The van der Waals surface area contributed by atoms with Crippen LogP contribution in [0, 0.1) is 5.92 Å². The molecule has 1 aliphatic carbocycles. The third-order valence-corrected chi connectivity index (χ3v) is 6.12. The molecule has 2 atom stereocenters. The van der Waals surface area contributed by atoms with Gasteiger partial charge in [-0.15, -0.1) is 0 Å². The summed E-state index contributed by atoms with van der Waals surface area (Å²) in [5.74, 6) is 1.04. The summed E-state index contributed by atoms with van der Waals surface area (Å²) >= 11 is 0. The highest BCUT2D eigenvalue weighted by atomic mass is 16.2. The van der Waals surface area contributed by atoms with E-state index in [4.69, 9.17) is 0 Å². The average molecular weight is 357 g/mol. The maximum absolute atomic E-state index is 12.4. The maximum atomic E-state index is 12.4. The van der Waals surface area contributed by atoms with Crippen LogP contribution in [0.4, 0.5) is 5.82 Å². The van der Waals surface area contributed by atoms with Crippen molar-refractivity contribution in [2.24, 2.45) is 5.92 Å². The van der Waals surface area contributed by atoms with Gasteiger partial charge in [0.05, 0.1) is 11.6 Å². The van der Waals surface area contributed by atoms with Crippen LogP contribution in [0.15, 0.2) is 24.4 Å². The summed E-state index contributed by atoms with van der Waals surface area (Å²) in [5, 5.41) is 3.71. The molecule has 0 bridgehead atoms. The van der Waals surface area contributed by atoms with Crippen molar-refractivity contribution in [1.82, 2.24) is 9.88 Å². The largest absolute Gasteiger partial charge is 0.363 e. The lowest BCUT2D eigenvalue weighted by Gasteiger charge is -2.42. The number of rotatable bonds is 5. The highest BCUT2D eigenvalue weighted by Gasteiger charge is 2.53. The van der Waals surface area contributed by atoms with Gasteiger partial charge in [-0.1, -0.05) is 25.3 Å². The zero-order valence-electron chi connectivity index (χ0n) is 16.2. The van der Waals surface area contributed by atoms with E-state index in [1.165, 1.54) is 32.1 Å². The Morgan fingerprint density at radius 1 is 1.27 bits per heavy atom. The summed E-state index contributed by atoms with van der Waals surface area (Å²) < 4.78 is 0. The third kappa shape index (κ3) is 3.83. The van der Waals surface area contributed by atoms with Gasteiger partial charge in [0.15, 0.2) is 6.29 Å². The number of pyridine rings is 1. The number of aldehydes is 1. The molecule has 1 aromatic heterocycles. The van der Waals surface area contributed by atoms with Gasteiger partial charge in [-0.25, -0.2) is 4.98 Å². The van der Waals surface area contributed by atoms with E-state index < -0.39 is 0 Å². The van der Waals surface area contributed by atoms with Crippen molar-refractivity contribution in [1.29, 1.82) is 0 Å². The van der Waals surface area contributed by atoms with Crippen LogP contribution in [0.5, 0.6) is 0 Å². The molecule has 0 aromatic carbocycles. The van der Waals surface area contributed by atoms with Crippen molar-refractivity contribution < 1.29 is 9.59 Å². The predicted molar refractivity (Wildman–Crippen MR) is 103 cm³/mol. The van der Waals surface area contributed by atoms with Crippen LogP contribution in [0.3, 0.4) is 0 Å². The molecule has 5 heteroatoms. The van der Waals surface area contributed by atoms with Crippen molar-refractivity contribution in [3.8, 4) is 0 Å². The van der Waals surface area contributed by atoms with Crippen molar-refractivity contribution in [2.45, 2.75) is 76.4 Å². The summed E-state index contributed by atoms with van der Waals surface area (Å²) in [7, 11) is 0. The number of hydrogen-bond donors (Lipinski definition) is 1. The van der Waals surface area contributed by atoms with Gasteiger partial charge in [0.2, 0.25) is 5.78 Å². The molecule has 2 unspecified atom stereocenters. The molecule has 1 saturated carbocycles. The molecule has 1 aromatic rings. The van der Waals surface area contributed by atoms with E-state index in [1.807, 2.05) is 18.2 Å². The van der Waals surface area contributed by atoms with Crippen LogP contribution in [-0.4, -0.2) is 45.6 Å². The van der Waals surface area contributed by atoms with Gasteiger partial charge in [-0.2, -0.15) is 0 Å². The van der Waals surface area contributed by atoms with Crippen LogP contribution >= 0.6 is 0 Å². The number of ketones is 1. The van der Waals surface area contributed by atoms with Gasteiger partial charge in [0.1, 0.15) is 5.82 Å². The Hall–Kier alpha value is -1.75. The second-order valence-corrected chi connectivity index (χ2v) is 8.87. The maximum Gasteiger partial charge on any atom is 0.212 e. The summed E-state index contributed by atoms with van der Waals surface area (Å²) in [6.07, 6.45) is 9.05. The molecular formula is C21H31N3O2. The molecule has 26 heavy (non-hydrogen) atoms. The first-order valence-electron chi connectivity index (χ1n) is 9.81. The second-order valence-electron chi connectivity index (χ2n) is 8.87. The third-order valence-electron chi connectivity index (χ3n) is 6.12. The number of nitrogens with zero attached hydrogens (tertiary/aromatic N) is 2. The van der Waals surface area contributed by atoms with Gasteiger partial charge in [-0.3, -0.25) is 14.5 Å². The van der Waals surface area contributed by atoms with Gasteiger partial charge in [0, 0.05) is 18.3 Å². The highest BCUT2D eigenvalue weighted by Crippen LogP contribution is 2.44.